The van der Waals surface area contributed by atoms with Gasteiger partial charge in [0, 0.05) is 27.8 Å². The van der Waals surface area contributed by atoms with Crippen molar-refractivity contribution in [1.82, 2.24) is 5.43 Å². The Morgan fingerprint density at radius 1 is 1.31 bits per heavy atom. The summed E-state index contributed by atoms with van der Waals surface area (Å²) in [6.07, 6.45) is 4.53. The number of anilines is 1. The predicted molar refractivity (Wildman–Crippen MR) is 121 cm³/mol. The maximum atomic E-state index is 14.8. The highest BCUT2D eigenvalue weighted by molar-refractivity contribution is 9.10. The molecule has 0 aromatic heterocycles. The first-order valence-corrected chi connectivity index (χ1v) is 10.4. The third kappa shape index (κ3) is 4.42. The van der Waals surface area contributed by atoms with E-state index in [4.69, 9.17) is 0 Å². The molecule has 2 aromatic rings. The van der Waals surface area contributed by atoms with Gasteiger partial charge in [0.15, 0.2) is 0 Å². The van der Waals surface area contributed by atoms with Crippen molar-refractivity contribution >= 4 is 39.3 Å². The number of halogens is 2. The number of nitrogens with one attached hydrogen (secondary N) is 1. The number of amides is 1. The van der Waals surface area contributed by atoms with Crippen molar-refractivity contribution in [2.75, 3.05) is 11.4 Å². The van der Waals surface area contributed by atoms with Crippen LogP contribution in [0.2, 0.25) is 0 Å². The standard InChI is InChI=1S/C23H25BrFN3O/c1-5-10-28-21-12-20(25)16(11-18(21)15(2)13-23(28,3)4)14-26-27-22(29)17-8-6-7-9-19(17)24/h6-9,11-14H,5,10H2,1-4H3,(H,27,29)/b26-14-. The van der Waals surface area contributed by atoms with Gasteiger partial charge in [-0.05, 0) is 73.0 Å². The monoisotopic (exact) mass is 457 g/mol. The smallest absolute Gasteiger partial charge is 0.272 e. The van der Waals surface area contributed by atoms with Gasteiger partial charge in [-0.15, -0.1) is 0 Å². The Balaban J connectivity index is 1.87. The zero-order valence-corrected chi connectivity index (χ0v) is 18.7. The van der Waals surface area contributed by atoms with Crippen molar-refractivity contribution in [3.63, 3.8) is 0 Å². The summed E-state index contributed by atoms with van der Waals surface area (Å²) < 4.78 is 15.5. The number of hydrazone groups is 1. The highest BCUT2D eigenvalue weighted by Gasteiger charge is 2.31. The number of nitrogens with zero attached hydrogens (tertiary/aromatic N) is 2. The van der Waals surface area contributed by atoms with Crippen LogP contribution in [0.4, 0.5) is 10.1 Å². The summed E-state index contributed by atoms with van der Waals surface area (Å²) in [6, 6.07) is 10.4. The van der Waals surface area contributed by atoms with Crippen LogP contribution in [0.25, 0.3) is 5.57 Å². The van der Waals surface area contributed by atoms with Crippen molar-refractivity contribution in [3.8, 4) is 0 Å². The van der Waals surface area contributed by atoms with Crippen molar-refractivity contribution < 1.29 is 9.18 Å². The van der Waals surface area contributed by atoms with Crippen LogP contribution in [0, 0.1) is 5.82 Å². The Morgan fingerprint density at radius 2 is 2.03 bits per heavy atom. The highest BCUT2D eigenvalue weighted by atomic mass is 79.9. The lowest BCUT2D eigenvalue weighted by Crippen LogP contribution is -2.45. The van der Waals surface area contributed by atoms with Gasteiger partial charge in [-0.2, -0.15) is 5.10 Å². The zero-order valence-electron chi connectivity index (χ0n) is 17.1. The molecule has 1 N–H and O–H groups in total. The molecule has 6 heteroatoms. The number of rotatable bonds is 5. The van der Waals surface area contributed by atoms with Crippen LogP contribution in [-0.4, -0.2) is 24.2 Å². The van der Waals surface area contributed by atoms with E-state index in [0.29, 0.717) is 15.6 Å². The molecule has 0 saturated carbocycles. The van der Waals surface area contributed by atoms with E-state index in [0.717, 1.165) is 29.8 Å². The van der Waals surface area contributed by atoms with Gasteiger partial charge < -0.3 is 4.90 Å². The molecule has 0 atom stereocenters. The van der Waals surface area contributed by atoms with E-state index < -0.39 is 0 Å². The van der Waals surface area contributed by atoms with Gasteiger partial charge >= 0.3 is 0 Å². The molecule has 0 spiro atoms. The van der Waals surface area contributed by atoms with E-state index >= 15 is 0 Å². The molecular weight excluding hydrogens is 433 g/mol. The molecule has 2 aromatic carbocycles. The number of carbonyl (C=O) groups is 1. The van der Waals surface area contributed by atoms with Gasteiger partial charge in [0.05, 0.1) is 17.3 Å². The number of hydrogen-bond donors (Lipinski definition) is 1. The van der Waals surface area contributed by atoms with Gasteiger partial charge in [0.25, 0.3) is 5.91 Å². The summed E-state index contributed by atoms with van der Waals surface area (Å²) in [4.78, 5) is 14.5. The minimum absolute atomic E-state index is 0.174. The molecule has 3 rings (SSSR count). The van der Waals surface area contributed by atoms with Crippen LogP contribution in [0.1, 0.15) is 55.6 Å². The number of fused-ring (bicyclic) bond motifs is 1. The average molecular weight is 458 g/mol. The number of carbonyl (C=O) groups excluding carboxylic acids is 1. The quantitative estimate of drug-likeness (QED) is 0.457. The topological polar surface area (TPSA) is 44.7 Å². The lowest BCUT2D eigenvalue weighted by molar-refractivity contribution is 0.0954. The van der Waals surface area contributed by atoms with E-state index in [1.807, 2.05) is 13.0 Å². The van der Waals surface area contributed by atoms with Crippen LogP contribution in [0.3, 0.4) is 0 Å². The fourth-order valence-corrected chi connectivity index (χ4v) is 4.18. The highest BCUT2D eigenvalue weighted by Crippen LogP contribution is 2.39. The van der Waals surface area contributed by atoms with Gasteiger partial charge in [0.2, 0.25) is 0 Å². The molecular formula is C23H25BrFN3O. The van der Waals surface area contributed by atoms with E-state index in [-0.39, 0.29) is 17.3 Å². The van der Waals surface area contributed by atoms with Crippen LogP contribution in [0.5, 0.6) is 0 Å². The maximum absolute atomic E-state index is 14.8. The molecule has 4 nitrogen and oxygen atoms in total. The SMILES string of the molecule is CCCN1c2cc(F)c(/C=N\NC(=O)c3ccccc3Br)cc2C(C)=CC1(C)C. The third-order valence-electron chi connectivity index (χ3n) is 5.03. The minimum Gasteiger partial charge on any atom is -0.362 e. The molecule has 0 aliphatic carbocycles. The van der Waals surface area contributed by atoms with Crippen molar-refractivity contribution in [3.05, 3.63) is 69.5 Å². The van der Waals surface area contributed by atoms with Crippen LogP contribution in [0.15, 0.2) is 52.0 Å². The zero-order chi connectivity index (χ0) is 21.2. The summed E-state index contributed by atoms with van der Waals surface area (Å²) in [6.45, 7) is 9.28. The lowest BCUT2D eigenvalue weighted by atomic mass is 9.88. The second-order valence-corrected chi connectivity index (χ2v) is 8.56. The van der Waals surface area contributed by atoms with Crippen LogP contribution in [-0.2, 0) is 0 Å². The molecule has 1 aliphatic rings. The van der Waals surface area contributed by atoms with Gasteiger partial charge in [-0.3, -0.25) is 4.79 Å². The number of benzene rings is 2. The normalized spacial score (nSPS) is 15.2. The fourth-order valence-electron chi connectivity index (χ4n) is 3.71. The van der Waals surface area contributed by atoms with Crippen molar-refractivity contribution in [2.45, 2.75) is 39.7 Å². The number of allylic oxidation sites excluding steroid dienone is 1. The third-order valence-corrected chi connectivity index (χ3v) is 5.72. The lowest BCUT2D eigenvalue weighted by Gasteiger charge is -2.43. The van der Waals surface area contributed by atoms with Crippen LogP contribution < -0.4 is 10.3 Å². The Bertz CT molecular complexity index is 998. The first-order chi connectivity index (χ1) is 13.7. The second kappa shape index (κ2) is 8.49. The van der Waals surface area contributed by atoms with Crippen molar-refractivity contribution in [1.29, 1.82) is 0 Å². The number of hydrogen-bond acceptors (Lipinski definition) is 3. The summed E-state index contributed by atoms with van der Waals surface area (Å²) in [5.74, 6) is -0.728. The maximum Gasteiger partial charge on any atom is 0.272 e. The Hall–Kier alpha value is -2.47. The fraction of sp³-hybridized carbons (Fsp3) is 0.304. The molecule has 0 fully saturated rings. The van der Waals surface area contributed by atoms with Gasteiger partial charge in [-0.1, -0.05) is 25.1 Å². The first-order valence-electron chi connectivity index (χ1n) is 9.63. The van der Waals surface area contributed by atoms with E-state index in [9.17, 15) is 9.18 Å². The van der Waals surface area contributed by atoms with Gasteiger partial charge in [-0.25, -0.2) is 9.82 Å². The summed E-state index contributed by atoms with van der Waals surface area (Å²) in [5, 5.41) is 3.96. The van der Waals surface area contributed by atoms with Crippen molar-refractivity contribution in [2.24, 2.45) is 5.10 Å². The summed E-state index contributed by atoms with van der Waals surface area (Å²) >= 11 is 3.34. The largest absolute Gasteiger partial charge is 0.362 e. The molecule has 29 heavy (non-hydrogen) atoms. The molecule has 0 radical (unpaired) electrons. The average Bonchev–Trinajstić information content (AvgIpc) is 2.66. The molecule has 152 valence electrons. The molecule has 0 saturated heterocycles. The Kier molecular flexibility index (Phi) is 6.22. The summed E-state index contributed by atoms with van der Waals surface area (Å²) in [7, 11) is 0. The first kappa shape index (κ1) is 21.2. The minimum atomic E-state index is -0.366. The van der Waals surface area contributed by atoms with Crippen LogP contribution >= 0.6 is 15.9 Å². The van der Waals surface area contributed by atoms with E-state index in [2.05, 4.69) is 58.2 Å². The van der Waals surface area contributed by atoms with E-state index in [1.165, 1.54) is 6.21 Å². The molecule has 1 amide bonds. The van der Waals surface area contributed by atoms with E-state index in [1.54, 1.807) is 30.3 Å². The molecule has 1 heterocycles. The predicted octanol–water partition coefficient (Wildman–Crippen LogP) is 5.76. The Labute approximate surface area is 179 Å². The molecule has 0 unspecified atom stereocenters. The molecule has 0 bridgehead atoms. The second-order valence-electron chi connectivity index (χ2n) is 7.70. The van der Waals surface area contributed by atoms with Gasteiger partial charge in [0.1, 0.15) is 5.82 Å². The summed E-state index contributed by atoms with van der Waals surface area (Å²) in [5.41, 5.74) is 6.06. The Morgan fingerprint density at radius 3 is 2.72 bits per heavy atom. The molecule has 1 aliphatic heterocycles.